The molecule has 34 heavy (non-hydrogen) atoms. The molecule has 0 radical (unpaired) electrons. The van der Waals surface area contributed by atoms with Crippen LogP contribution >= 0.6 is 11.3 Å². The number of hydrogen-bond donors (Lipinski definition) is 1. The van der Waals surface area contributed by atoms with E-state index in [0.717, 1.165) is 25.2 Å². The molecule has 0 aliphatic carbocycles. The number of carbonyl (C=O) groups excluding carboxylic acids is 1. The summed E-state index contributed by atoms with van der Waals surface area (Å²) in [5.41, 5.74) is 2.87. The normalized spacial score (nSPS) is 14.1. The van der Waals surface area contributed by atoms with Crippen molar-refractivity contribution in [3.8, 4) is 5.75 Å². The van der Waals surface area contributed by atoms with Gasteiger partial charge >= 0.3 is 0 Å². The van der Waals surface area contributed by atoms with Crippen molar-refractivity contribution in [3.05, 3.63) is 77.2 Å². The van der Waals surface area contributed by atoms with E-state index in [1.165, 1.54) is 41.1 Å². The molecule has 7 nitrogen and oxygen atoms in total. The van der Waals surface area contributed by atoms with E-state index in [1.54, 1.807) is 41.8 Å². The first-order valence-corrected chi connectivity index (χ1v) is 13.6. The second-order valence-corrected chi connectivity index (χ2v) is 11.4. The molecule has 1 fully saturated rings. The van der Waals surface area contributed by atoms with Crippen LogP contribution in [-0.2, 0) is 27.9 Å². The number of anilines is 1. The van der Waals surface area contributed by atoms with Gasteiger partial charge in [0.05, 0.1) is 5.69 Å². The van der Waals surface area contributed by atoms with Crippen molar-refractivity contribution in [1.82, 2.24) is 10.2 Å². The van der Waals surface area contributed by atoms with Gasteiger partial charge in [-0.2, -0.15) is 0 Å². The van der Waals surface area contributed by atoms with Crippen LogP contribution in [0.3, 0.4) is 0 Å². The fraction of sp³-hybridized carbons (Fsp3) is 0.320. The maximum Gasteiger partial charge on any atom is 0.273 e. The van der Waals surface area contributed by atoms with Gasteiger partial charge < -0.3 is 10.1 Å². The number of benzene rings is 2. The molecule has 180 valence electrons. The van der Waals surface area contributed by atoms with Crippen LogP contribution in [0, 0.1) is 0 Å². The van der Waals surface area contributed by atoms with Gasteiger partial charge in [-0.15, -0.1) is 11.3 Å². The second-order valence-electron chi connectivity index (χ2n) is 8.22. The minimum Gasteiger partial charge on any atom is -0.484 e. The van der Waals surface area contributed by atoms with Gasteiger partial charge in [0.25, 0.3) is 15.9 Å². The number of carbonyl (C=O) groups is 1. The van der Waals surface area contributed by atoms with Gasteiger partial charge in [-0.3, -0.25) is 14.0 Å². The predicted molar refractivity (Wildman–Crippen MR) is 135 cm³/mol. The van der Waals surface area contributed by atoms with Gasteiger partial charge in [0, 0.05) is 20.1 Å². The van der Waals surface area contributed by atoms with E-state index in [-0.39, 0.29) is 16.7 Å². The standard InChI is InChI=1S/C25H29N3O4S2/c1-27(34(30,31)25-9-6-16-33-25)22-10-12-23(13-11-22)32-19-24(29)26-17-20-7-2-3-8-21(20)18-28-14-4-5-15-28/h2-3,6-13,16H,4-5,14-15,17-19H2,1H3,(H,26,29). The zero-order valence-electron chi connectivity index (χ0n) is 19.1. The minimum absolute atomic E-state index is 0.114. The van der Waals surface area contributed by atoms with E-state index < -0.39 is 10.0 Å². The highest BCUT2D eigenvalue weighted by atomic mass is 32.2. The summed E-state index contributed by atoms with van der Waals surface area (Å²) in [6.07, 6.45) is 2.50. The van der Waals surface area contributed by atoms with Crippen molar-refractivity contribution in [2.75, 3.05) is 31.0 Å². The minimum atomic E-state index is -3.59. The van der Waals surface area contributed by atoms with Crippen LogP contribution in [0.1, 0.15) is 24.0 Å². The first kappa shape index (κ1) is 24.3. The van der Waals surface area contributed by atoms with Crippen molar-refractivity contribution in [2.45, 2.75) is 30.1 Å². The first-order valence-electron chi connectivity index (χ1n) is 11.2. The molecule has 2 heterocycles. The largest absolute Gasteiger partial charge is 0.484 e. The fourth-order valence-corrected chi connectivity index (χ4v) is 6.25. The molecule has 0 saturated carbocycles. The Morgan fingerprint density at radius 2 is 1.74 bits per heavy atom. The third kappa shape index (κ3) is 5.97. The summed E-state index contributed by atoms with van der Waals surface area (Å²) in [5.74, 6) is 0.285. The monoisotopic (exact) mass is 499 g/mol. The number of likely N-dealkylation sites (tertiary alicyclic amines) is 1. The molecule has 0 bridgehead atoms. The molecule has 1 aliphatic heterocycles. The van der Waals surface area contributed by atoms with Gasteiger partial charge in [0.15, 0.2) is 6.61 Å². The Labute approximate surface area is 205 Å². The average molecular weight is 500 g/mol. The fourth-order valence-electron chi connectivity index (χ4n) is 3.90. The highest BCUT2D eigenvalue weighted by Gasteiger charge is 2.22. The molecular formula is C25H29N3O4S2. The Kier molecular flexibility index (Phi) is 7.87. The molecule has 1 amide bonds. The van der Waals surface area contributed by atoms with Crippen LogP contribution < -0.4 is 14.4 Å². The maximum absolute atomic E-state index is 12.7. The third-order valence-corrected chi connectivity index (χ3v) is 9.03. The molecule has 0 unspecified atom stereocenters. The molecule has 0 atom stereocenters. The average Bonchev–Trinajstić information content (AvgIpc) is 3.57. The third-order valence-electron chi connectivity index (χ3n) is 5.87. The van der Waals surface area contributed by atoms with Crippen LogP contribution in [0.25, 0.3) is 0 Å². The summed E-state index contributed by atoms with van der Waals surface area (Å²) in [5, 5.41) is 4.66. The zero-order chi connectivity index (χ0) is 24.0. The highest BCUT2D eigenvalue weighted by Crippen LogP contribution is 2.26. The summed E-state index contributed by atoms with van der Waals surface area (Å²) in [6.45, 7) is 3.51. The zero-order valence-corrected chi connectivity index (χ0v) is 20.8. The van der Waals surface area contributed by atoms with E-state index in [1.807, 2.05) is 18.2 Å². The van der Waals surface area contributed by atoms with Gasteiger partial charge in [0.2, 0.25) is 0 Å². The van der Waals surface area contributed by atoms with Crippen molar-refractivity contribution < 1.29 is 17.9 Å². The van der Waals surface area contributed by atoms with Crippen LogP contribution in [0.4, 0.5) is 5.69 Å². The van der Waals surface area contributed by atoms with Gasteiger partial charge in [-0.25, -0.2) is 8.42 Å². The SMILES string of the molecule is CN(c1ccc(OCC(=O)NCc2ccccc2CN2CCCC2)cc1)S(=O)(=O)c1cccs1. The maximum atomic E-state index is 12.7. The smallest absolute Gasteiger partial charge is 0.273 e. The molecular weight excluding hydrogens is 470 g/mol. The molecule has 1 aromatic heterocycles. The lowest BCUT2D eigenvalue weighted by Gasteiger charge is -2.19. The number of nitrogens with zero attached hydrogens (tertiary/aromatic N) is 2. The van der Waals surface area contributed by atoms with E-state index in [4.69, 9.17) is 4.74 Å². The Bertz CT molecular complexity index is 1190. The molecule has 3 aromatic rings. The van der Waals surface area contributed by atoms with Gasteiger partial charge in [-0.1, -0.05) is 30.3 Å². The van der Waals surface area contributed by atoms with Crippen molar-refractivity contribution in [2.24, 2.45) is 0 Å². The topological polar surface area (TPSA) is 79.0 Å². The van der Waals surface area contributed by atoms with E-state index >= 15 is 0 Å². The number of thiophene rings is 1. The van der Waals surface area contributed by atoms with Gasteiger partial charge in [-0.05, 0) is 72.8 Å². The Morgan fingerprint density at radius 3 is 2.41 bits per heavy atom. The lowest BCUT2D eigenvalue weighted by Crippen LogP contribution is -2.29. The van der Waals surface area contributed by atoms with Crippen LogP contribution in [0.2, 0.25) is 0 Å². The van der Waals surface area contributed by atoms with Crippen LogP contribution in [0.15, 0.2) is 70.3 Å². The lowest BCUT2D eigenvalue weighted by atomic mass is 10.1. The molecule has 1 aliphatic rings. The number of ether oxygens (including phenoxy) is 1. The Hall–Kier alpha value is -2.88. The summed E-state index contributed by atoms with van der Waals surface area (Å²) < 4.78 is 32.4. The second kappa shape index (κ2) is 11.0. The molecule has 1 N–H and O–H groups in total. The molecule has 1 saturated heterocycles. The molecule has 4 rings (SSSR count). The highest BCUT2D eigenvalue weighted by molar-refractivity contribution is 7.94. The number of nitrogens with one attached hydrogen (secondary N) is 1. The van der Waals surface area contributed by atoms with Gasteiger partial charge in [0.1, 0.15) is 9.96 Å². The number of rotatable bonds is 10. The van der Waals surface area contributed by atoms with E-state index in [0.29, 0.717) is 18.0 Å². The molecule has 9 heteroatoms. The predicted octanol–water partition coefficient (Wildman–Crippen LogP) is 3.86. The Morgan fingerprint density at radius 1 is 1.03 bits per heavy atom. The summed E-state index contributed by atoms with van der Waals surface area (Å²) in [4.78, 5) is 14.8. The number of sulfonamides is 1. The van der Waals surface area contributed by atoms with Crippen molar-refractivity contribution in [1.29, 1.82) is 0 Å². The summed E-state index contributed by atoms with van der Waals surface area (Å²) in [7, 11) is -2.07. The van der Waals surface area contributed by atoms with E-state index in [9.17, 15) is 13.2 Å². The van der Waals surface area contributed by atoms with Crippen molar-refractivity contribution in [3.63, 3.8) is 0 Å². The quantitative estimate of drug-likeness (QED) is 0.458. The van der Waals surface area contributed by atoms with E-state index in [2.05, 4.69) is 16.3 Å². The summed E-state index contributed by atoms with van der Waals surface area (Å²) >= 11 is 1.18. The van der Waals surface area contributed by atoms with Crippen LogP contribution in [-0.4, -0.2) is 46.0 Å². The first-order chi connectivity index (χ1) is 16.4. The molecule has 0 spiro atoms. The number of amides is 1. The molecule has 2 aromatic carbocycles. The lowest BCUT2D eigenvalue weighted by molar-refractivity contribution is -0.123. The van der Waals surface area contributed by atoms with Crippen molar-refractivity contribution >= 4 is 33.0 Å². The number of hydrogen-bond acceptors (Lipinski definition) is 6. The Balaban J connectivity index is 1.28. The summed E-state index contributed by atoms with van der Waals surface area (Å²) in [6, 6.07) is 18.1. The van der Waals surface area contributed by atoms with Crippen LogP contribution in [0.5, 0.6) is 5.75 Å².